The largest absolute Gasteiger partial charge is 0.304 e. The highest BCUT2D eigenvalue weighted by atomic mass is 79.9. The van der Waals surface area contributed by atoms with Crippen LogP contribution in [0.2, 0.25) is 0 Å². The lowest BCUT2D eigenvalue weighted by Gasteiger charge is -1.95. The Morgan fingerprint density at radius 1 is 1.25 bits per heavy atom. The zero-order valence-electron chi connectivity index (χ0n) is 8.64. The molecule has 3 aromatic rings. The fraction of sp³-hybridized carbons (Fsp3) is 0.0833. The van der Waals surface area contributed by atoms with Gasteiger partial charge >= 0.3 is 0 Å². The third-order valence-corrected chi connectivity index (χ3v) is 4.17. The van der Waals surface area contributed by atoms with Gasteiger partial charge in [-0.25, -0.2) is 4.98 Å². The first-order valence-corrected chi connectivity index (χ1v) is 6.55. The van der Waals surface area contributed by atoms with Gasteiger partial charge in [0.2, 0.25) is 0 Å². The second-order valence-electron chi connectivity index (χ2n) is 3.63. The van der Waals surface area contributed by atoms with E-state index in [2.05, 4.69) is 56.6 Å². The highest BCUT2D eigenvalue weighted by Gasteiger charge is 2.07. The van der Waals surface area contributed by atoms with Gasteiger partial charge in [-0.05, 0) is 47.1 Å². The molecule has 3 aromatic heterocycles. The molecular formula is C12H9BrN2S. The Labute approximate surface area is 106 Å². The van der Waals surface area contributed by atoms with Crippen molar-refractivity contribution in [1.82, 2.24) is 9.38 Å². The number of aromatic nitrogens is 2. The first-order valence-electron chi connectivity index (χ1n) is 4.94. The average Bonchev–Trinajstić information content (AvgIpc) is 2.84. The summed E-state index contributed by atoms with van der Waals surface area (Å²) in [4.78, 5) is 5.80. The van der Waals surface area contributed by atoms with Gasteiger partial charge in [-0.1, -0.05) is 6.07 Å². The van der Waals surface area contributed by atoms with Gasteiger partial charge in [-0.2, -0.15) is 0 Å². The van der Waals surface area contributed by atoms with Gasteiger partial charge < -0.3 is 4.40 Å². The Hall–Kier alpha value is -1.13. The van der Waals surface area contributed by atoms with Crippen LogP contribution in [0.5, 0.6) is 0 Å². The third-order valence-electron chi connectivity index (χ3n) is 2.52. The molecule has 0 aliphatic rings. The fourth-order valence-corrected chi connectivity index (χ4v) is 3.06. The minimum atomic E-state index is 1.000. The molecule has 0 fully saturated rings. The summed E-state index contributed by atoms with van der Waals surface area (Å²) < 4.78 is 3.25. The van der Waals surface area contributed by atoms with Gasteiger partial charge in [0.1, 0.15) is 5.65 Å². The minimum absolute atomic E-state index is 1.000. The molecule has 0 radical (unpaired) electrons. The summed E-state index contributed by atoms with van der Waals surface area (Å²) in [6.07, 6.45) is 2.09. The standard InChI is InChI=1S/C12H9BrN2S/c1-8-3-2-4-12-14-9(7-15(8)12)10-5-6-11(13)16-10/h2-7H,1H3. The number of thiophene rings is 1. The minimum Gasteiger partial charge on any atom is -0.304 e. The van der Waals surface area contributed by atoms with Crippen LogP contribution in [0.3, 0.4) is 0 Å². The number of rotatable bonds is 1. The first kappa shape index (κ1) is 10.1. The van der Waals surface area contributed by atoms with Crippen LogP contribution in [0.4, 0.5) is 0 Å². The van der Waals surface area contributed by atoms with Crippen molar-refractivity contribution >= 4 is 32.9 Å². The summed E-state index contributed by atoms with van der Waals surface area (Å²) in [7, 11) is 0. The quantitative estimate of drug-likeness (QED) is 0.659. The molecule has 3 rings (SSSR count). The lowest BCUT2D eigenvalue weighted by Crippen LogP contribution is -1.86. The molecule has 0 unspecified atom stereocenters. The molecule has 0 spiro atoms. The maximum atomic E-state index is 4.61. The number of hydrogen-bond acceptors (Lipinski definition) is 2. The van der Waals surface area contributed by atoms with E-state index in [1.165, 1.54) is 10.6 Å². The fourth-order valence-electron chi connectivity index (χ4n) is 1.72. The van der Waals surface area contributed by atoms with E-state index >= 15 is 0 Å². The number of fused-ring (bicyclic) bond motifs is 1. The highest BCUT2D eigenvalue weighted by molar-refractivity contribution is 9.11. The molecular weight excluding hydrogens is 284 g/mol. The van der Waals surface area contributed by atoms with Crippen molar-refractivity contribution in [3.63, 3.8) is 0 Å². The molecule has 0 amide bonds. The Kier molecular flexibility index (Phi) is 2.33. The predicted octanol–water partition coefficient (Wildman–Crippen LogP) is 4.13. The molecule has 0 aromatic carbocycles. The lowest BCUT2D eigenvalue weighted by atomic mass is 10.4. The summed E-state index contributed by atoms with van der Waals surface area (Å²) in [5.74, 6) is 0. The summed E-state index contributed by atoms with van der Waals surface area (Å²) >= 11 is 5.17. The van der Waals surface area contributed by atoms with Crippen LogP contribution in [0, 0.1) is 6.92 Å². The topological polar surface area (TPSA) is 17.3 Å². The van der Waals surface area contributed by atoms with Gasteiger partial charge in [0.15, 0.2) is 0 Å². The van der Waals surface area contributed by atoms with Crippen molar-refractivity contribution < 1.29 is 0 Å². The number of aryl methyl sites for hydroxylation is 1. The van der Waals surface area contributed by atoms with E-state index in [0.29, 0.717) is 0 Å². The lowest BCUT2D eigenvalue weighted by molar-refractivity contribution is 1.09. The van der Waals surface area contributed by atoms with Crippen molar-refractivity contribution in [1.29, 1.82) is 0 Å². The first-order chi connectivity index (χ1) is 7.74. The van der Waals surface area contributed by atoms with Crippen LogP contribution < -0.4 is 0 Å². The zero-order chi connectivity index (χ0) is 11.1. The summed E-state index contributed by atoms with van der Waals surface area (Å²) in [6, 6.07) is 10.3. The zero-order valence-corrected chi connectivity index (χ0v) is 11.0. The Bertz CT molecular complexity index is 654. The molecule has 3 heterocycles. The number of hydrogen-bond donors (Lipinski definition) is 0. The van der Waals surface area contributed by atoms with Crippen LogP contribution in [-0.2, 0) is 0 Å². The van der Waals surface area contributed by atoms with Crippen LogP contribution in [0.25, 0.3) is 16.2 Å². The molecule has 0 bridgehead atoms. The summed E-state index contributed by atoms with van der Waals surface area (Å²) in [5, 5.41) is 0. The molecule has 0 saturated heterocycles. The molecule has 0 aliphatic carbocycles. The van der Waals surface area contributed by atoms with Gasteiger partial charge in [0, 0.05) is 11.9 Å². The van der Waals surface area contributed by atoms with E-state index < -0.39 is 0 Å². The summed E-state index contributed by atoms with van der Waals surface area (Å²) in [5.41, 5.74) is 3.23. The van der Waals surface area contributed by atoms with E-state index in [1.807, 2.05) is 12.1 Å². The van der Waals surface area contributed by atoms with Gasteiger partial charge in [0.05, 0.1) is 14.4 Å². The van der Waals surface area contributed by atoms with E-state index in [-0.39, 0.29) is 0 Å². The van der Waals surface area contributed by atoms with Gasteiger partial charge in [-0.15, -0.1) is 11.3 Å². The van der Waals surface area contributed by atoms with E-state index in [9.17, 15) is 0 Å². The van der Waals surface area contributed by atoms with Crippen LogP contribution in [-0.4, -0.2) is 9.38 Å². The van der Waals surface area contributed by atoms with Crippen molar-refractivity contribution in [2.45, 2.75) is 6.92 Å². The van der Waals surface area contributed by atoms with Gasteiger partial charge in [-0.3, -0.25) is 0 Å². The van der Waals surface area contributed by atoms with Crippen molar-refractivity contribution in [3.8, 4) is 10.6 Å². The number of halogens is 1. The highest BCUT2D eigenvalue weighted by Crippen LogP contribution is 2.30. The van der Waals surface area contributed by atoms with Crippen molar-refractivity contribution in [3.05, 3.63) is 46.0 Å². The van der Waals surface area contributed by atoms with Gasteiger partial charge in [0.25, 0.3) is 0 Å². The van der Waals surface area contributed by atoms with E-state index in [4.69, 9.17) is 0 Å². The molecule has 4 heteroatoms. The average molecular weight is 293 g/mol. The predicted molar refractivity (Wildman–Crippen MR) is 70.9 cm³/mol. The smallest absolute Gasteiger partial charge is 0.137 e. The second kappa shape index (κ2) is 3.71. The molecule has 0 N–H and O–H groups in total. The monoisotopic (exact) mass is 292 g/mol. The maximum Gasteiger partial charge on any atom is 0.137 e. The van der Waals surface area contributed by atoms with Crippen LogP contribution in [0.1, 0.15) is 5.69 Å². The van der Waals surface area contributed by atoms with Crippen molar-refractivity contribution in [2.75, 3.05) is 0 Å². The Balaban J connectivity index is 2.22. The second-order valence-corrected chi connectivity index (χ2v) is 6.09. The third kappa shape index (κ3) is 1.58. The molecule has 2 nitrogen and oxygen atoms in total. The van der Waals surface area contributed by atoms with E-state index in [1.54, 1.807) is 11.3 Å². The molecule has 0 aliphatic heterocycles. The van der Waals surface area contributed by atoms with E-state index in [0.717, 1.165) is 15.1 Å². The Morgan fingerprint density at radius 3 is 2.81 bits per heavy atom. The maximum absolute atomic E-state index is 4.61. The normalized spacial score (nSPS) is 11.1. The SMILES string of the molecule is Cc1cccc2nc(-c3ccc(Br)s3)cn12. The molecule has 80 valence electrons. The van der Waals surface area contributed by atoms with Crippen LogP contribution in [0.15, 0.2) is 40.3 Å². The summed E-state index contributed by atoms with van der Waals surface area (Å²) in [6.45, 7) is 2.09. The number of imidazole rings is 1. The van der Waals surface area contributed by atoms with Crippen LogP contribution >= 0.6 is 27.3 Å². The van der Waals surface area contributed by atoms with Crippen molar-refractivity contribution in [2.24, 2.45) is 0 Å². The molecule has 0 saturated carbocycles. The molecule has 16 heavy (non-hydrogen) atoms. The number of nitrogens with zero attached hydrogens (tertiary/aromatic N) is 2. The molecule has 0 atom stereocenters. The Morgan fingerprint density at radius 2 is 2.12 bits per heavy atom. The number of pyridine rings is 1.